The molecule has 1 aliphatic carbocycles. The summed E-state index contributed by atoms with van der Waals surface area (Å²) < 4.78 is 5.21. The quantitative estimate of drug-likeness (QED) is 0.936. The maximum absolute atomic E-state index is 6.21. The van der Waals surface area contributed by atoms with Crippen LogP contribution in [0.3, 0.4) is 0 Å². The van der Waals surface area contributed by atoms with Crippen molar-refractivity contribution in [1.29, 1.82) is 0 Å². The molecule has 3 nitrogen and oxygen atoms in total. The Morgan fingerprint density at radius 2 is 1.95 bits per heavy atom. The molecule has 3 rings (SSSR count). The number of ether oxygens (including phenoxy) is 1. The van der Waals surface area contributed by atoms with Crippen molar-refractivity contribution in [2.24, 2.45) is 5.73 Å². The maximum atomic E-state index is 6.21. The highest BCUT2D eigenvalue weighted by Gasteiger charge is 2.20. The Bertz CT molecular complexity index is 622. The van der Waals surface area contributed by atoms with E-state index in [2.05, 4.69) is 31.2 Å². The molecule has 1 unspecified atom stereocenters. The molecule has 0 spiro atoms. The molecule has 21 heavy (non-hydrogen) atoms. The van der Waals surface area contributed by atoms with Crippen molar-refractivity contribution in [2.45, 2.75) is 38.1 Å². The Morgan fingerprint density at radius 1 is 1.19 bits per heavy atom. The average molecular weight is 282 g/mol. The second-order valence-electron chi connectivity index (χ2n) is 5.77. The first kappa shape index (κ1) is 14.1. The number of nitrogens with zero attached hydrogens (tertiary/aromatic N) is 1. The maximum Gasteiger partial charge on any atom is 0.118 e. The Morgan fingerprint density at radius 3 is 2.67 bits per heavy atom. The molecule has 3 heteroatoms. The topological polar surface area (TPSA) is 48.1 Å². The molecule has 2 atom stereocenters. The first-order valence-electron chi connectivity index (χ1n) is 7.58. The van der Waals surface area contributed by atoms with Gasteiger partial charge >= 0.3 is 0 Å². The Kier molecular flexibility index (Phi) is 3.93. The molecule has 1 aliphatic rings. The molecular weight excluding hydrogens is 260 g/mol. The van der Waals surface area contributed by atoms with Crippen LogP contribution in [0.5, 0.6) is 5.75 Å². The summed E-state index contributed by atoms with van der Waals surface area (Å²) in [6, 6.07) is 12.6. The molecule has 0 saturated heterocycles. The molecule has 2 aromatic rings. The predicted octanol–water partition coefficient (Wildman–Crippen LogP) is 3.58. The van der Waals surface area contributed by atoms with Crippen molar-refractivity contribution in [3.05, 3.63) is 58.9 Å². The summed E-state index contributed by atoms with van der Waals surface area (Å²) in [4.78, 5) is 4.86. The van der Waals surface area contributed by atoms with Crippen molar-refractivity contribution in [2.75, 3.05) is 7.11 Å². The van der Waals surface area contributed by atoms with Gasteiger partial charge in [0.1, 0.15) is 5.75 Å². The average Bonchev–Trinajstić information content (AvgIpc) is 2.54. The zero-order valence-corrected chi connectivity index (χ0v) is 12.7. The first-order chi connectivity index (χ1) is 10.2. The lowest BCUT2D eigenvalue weighted by Gasteiger charge is -2.23. The molecule has 0 radical (unpaired) electrons. The van der Waals surface area contributed by atoms with E-state index in [0.29, 0.717) is 0 Å². The van der Waals surface area contributed by atoms with E-state index in [0.717, 1.165) is 30.0 Å². The summed E-state index contributed by atoms with van der Waals surface area (Å²) in [5.74, 6) is 1.14. The largest absolute Gasteiger partial charge is 0.497 e. The number of rotatable bonds is 3. The summed E-state index contributed by atoms with van der Waals surface area (Å²) in [5, 5.41) is 0. The lowest BCUT2D eigenvalue weighted by Crippen LogP contribution is -2.20. The second-order valence-corrected chi connectivity index (χ2v) is 5.77. The minimum Gasteiger partial charge on any atom is -0.497 e. The monoisotopic (exact) mass is 282 g/mol. The van der Waals surface area contributed by atoms with Crippen molar-refractivity contribution in [1.82, 2.24) is 4.98 Å². The molecule has 2 N–H and O–H groups in total. The van der Waals surface area contributed by atoms with Crippen LogP contribution < -0.4 is 10.5 Å². The first-order valence-corrected chi connectivity index (χ1v) is 7.58. The van der Waals surface area contributed by atoms with Gasteiger partial charge in [-0.15, -0.1) is 0 Å². The van der Waals surface area contributed by atoms with Crippen molar-refractivity contribution in [3.8, 4) is 5.75 Å². The summed E-state index contributed by atoms with van der Waals surface area (Å²) >= 11 is 0. The molecule has 110 valence electrons. The van der Waals surface area contributed by atoms with Crippen LogP contribution in [0.25, 0.3) is 0 Å². The van der Waals surface area contributed by atoms with Crippen LogP contribution in [0, 0.1) is 0 Å². The molecule has 0 amide bonds. The highest BCUT2D eigenvalue weighted by molar-refractivity contribution is 5.35. The molecule has 0 bridgehead atoms. The zero-order chi connectivity index (χ0) is 14.8. The normalized spacial score (nSPS) is 18.9. The molecule has 1 aromatic carbocycles. The van der Waals surface area contributed by atoms with E-state index < -0.39 is 0 Å². The summed E-state index contributed by atoms with van der Waals surface area (Å²) in [5.41, 5.74) is 11.0. The van der Waals surface area contributed by atoms with Crippen LogP contribution >= 0.6 is 0 Å². The van der Waals surface area contributed by atoms with Crippen LogP contribution in [0.1, 0.15) is 54.2 Å². The number of methoxy groups -OCH3 is 1. The predicted molar refractivity (Wildman–Crippen MR) is 84.6 cm³/mol. The van der Waals surface area contributed by atoms with Gasteiger partial charge in [0.15, 0.2) is 0 Å². The highest BCUT2D eigenvalue weighted by atomic mass is 16.5. The number of hydrogen-bond donors (Lipinski definition) is 1. The Balaban J connectivity index is 1.90. The SMILES string of the molecule is COc1ccc([C@@H](C)c2ccc3c(n2)C(N)CCC3)cc1. The third kappa shape index (κ3) is 2.79. The fourth-order valence-electron chi connectivity index (χ4n) is 3.01. The van der Waals surface area contributed by atoms with Crippen LogP contribution in [0.4, 0.5) is 0 Å². The van der Waals surface area contributed by atoms with Gasteiger partial charge < -0.3 is 10.5 Å². The van der Waals surface area contributed by atoms with Gasteiger partial charge in [0.05, 0.1) is 12.8 Å². The lowest BCUT2D eigenvalue weighted by atomic mass is 9.90. The molecule has 0 fully saturated rings. The number of benzene rings is 1. The van der Waals surface area contributed by atoms with Crippen molar-refractivity contribution in [3.63, 3.8) is 0 Å². The van der Waals surface area contributed by atoms with Gasteiger partial charge in [0.2, 0.25) is 0 Å². The van der Waals surface area contributed by atoms with Gasteiger partial charge in [-0.1, -0.05) is 25.1 Å². The van der Waals surface area contributed by atoms with Gasteiger partial charge in [-0.25, -0.2) is 0 Å². The van der Waals surface area contributed by atoms with Crippen LogP contribution in [-0.2, 0) is 6.42 Å². The lowest BCUT2D eigenvalue weighted by molar-refractivity contribution is 0.414. The molecule has 0 aliphatic heterocycles. The highest BCUT2D eigenvalue weighted by Crippen LogP contribution is 2.30. The Labute approximate surface area is 126 Å². The third-order valence-electron chi connectivity index (χ3n) is 4.41. The number of hydrogen-bond acceptors (Lipinski definition) is 3. The van der Waals surface area contributed by atoms with Gasteiger partial charge in [-0.05, 0) is 48.6 Å². The minimum absolute atomic E-state index is 0.0942. The van der Waals surface area contributed by atoms with Gasteiger partial charge in [-0.2, -0.15) is 0 Å². The standard InChI is InChI=1S/C18H22N2O/c1-12(13-6-9-15(21-2)10-7-13)17-11-8-14-4-3-5-16(19)18(14)20-17/h6-12,16H,3-5,19H2,1-2H3/t12-,16?/m1/s1. The van der Waals surface area contributed by atoms with Crippen LogP contribution in [0.2, 0.25) is 0 Å². The fourth-order valence-corrected chi connectivity index (χ4v) is 3.01. The van der Waals surface area contributed by atoms with E-state index in [1.54, 1.807) is 7.11 Å². The Hall–Kier alpha value is -1.87. The van der Waals surface area contributed by atoms with Gasteiger partial charge in [0.25, 0.3) is 0 Å². The van der Waals surface area contributed by atoms with Crippen molar-refractivity contribution < 1.29 is 4.74 Å². The van der Waals surface area contributed by atoms with E-state index in [-0.39, 0.29) is 12.0 Å². The van der Waals surface area contributed by atoms with E-state index in [1.807, 2.05) is 12.1 Å². The number of fused-ring (bicyclic) bond motifs is 1. The number of nitrogens with two attached hydrogens (primary N) is 1. The van der Waals surface area contributed by atoms with Gasteiger partial charge in [-0.3, -0.25) is 4.98 Å². The van der Waals surface area contributed by atoms with Crippen LogP contribution in [-0.4, -0.2) is 12.1 Å². The second kappa shape index (κ2) is 5.86. The van der Waals surface area contributed by atoms with E-state index in [9.17, 15) is 0 Å². The number of aryl methyl sites for hydroxylation is 1. The molecule has 1 aromatic heterocycles. The zero-order valence-electron chi connectivity index (χ0n) is 12.7. The summed E-state index contributed by atoms with van der Waals surface area (Å²) in [7, 11) is 1.69. The van der Waals surface area contributed by atoms with E-state index >= 15 is 0 Å². The van der Waals surface area contributed by atoms with E-state index in [1.165, 1.54) is 17.5 Å². The fraction of sp³-hybridized carbons (Fsp3) is 0.389. The molecular formula is C18H22N2O. The smallest absolute Gasteiger partial charge is 0.118 e. The van der Waals surface area contributed by atoms with Gasteiger partial charge in [0, 0.05) is 17.7 Å². The molecule has 0 saturated carbocycles. The van der Waals surface area contributed by atoms with E-state index in [4.69, 9.17) is 15.5 Å². The summed E-state index contributed by atoms with van der Waals surface area (Å²) in [6.07, 6.45) is 3.32. The third-order valence-corrected chi connectivity index (χ3v) is 4.41. The van der Waals surface area contributed by atoms with Crippen LogP contribution in [0.15, 0.2) is 36.4 Å². The molecule has 1 heterocycles. The number of pyridine rings is 1. The minimum atomic E-state index is 0.0942. The van der Waals surface area contributed by atoms with Crippen molar-refractivity contribution >= 4 is 0 Å². The summed E-state index contributed by atoms with van der Waals surface area (Å²) in [6.45, 7) is 2.19. The number of aromatic nitrogens is 1.